The van der Waals surface area contributed by atoms with Gasteiger partial charge in [0.25, 0.3) is 0 Å². The lowest BCUT2D eigenvalue weighted by atomic mass is 10.00. The number of benzene rings is 1. The minimum atomic E-state index is -3.51. The normalized spacial score (nSPS) is 15.8. The number of hydrogen-bond acceptors (Lipinski definition) is 6. The Bertz CT molecular complexity index is 773. The van der Waals surface area contributed by atoms with Crippen molar-refractivity contribution in [3.8, 4) is 0 Å². The fourth-order valence-corrected chi connectivity index (χ4v) is 4.64. The van der Waals surface area contributed by atoms with Gasteiger partial charge in [-0.1, -0.05) is 43.0 Å². The standard InChI is InChI=1S/C18H26N2O4S3/c1-14-7-9-20(10-8-14)18(25)26-13-17(21)24-12-15-5-4-6-16(11-15)27(22,23)19(2)3/h4-6,11,14H,7-10,12-13H2,1-3H3. The molecule has 0 saturated carbocycles. The highest BCUT2D eigenvalue weighted by molar-refractivity contribution is 8.23. The molecule has 1 fully saturated rings. The first kappa shape index (κ1) is 22.1. The molecule has 0 bridgehead atoms. The Balaban J connectivity index is 1.81. The third kappa shape index (κ3) is 6.44. The highest BCUT2D eigenvalue weighted by atomic mass is 32.2. The van der Waals surface area contributed by atoms with E-state index in [0.29, 0.717) is 5.56 Å². The second-order valence-corrected chi connectivity index (χ2v) is 10.6. The molecule has 0 N–H and O–H groups in total. The molecule has 27 heavy (non-hydrogen) atoms. The Labute approximate surface area is 171 Å². The number of nitrogens with zero attached hydrogens (tertiary/aromatic N) is 2. The zero-order valence-corrected chi connectivity index (χ0v) is 18.3. The summed E-state index contributed by atoms with van der Waals surface area (Å²) >= 11 is 6.72. The van der Waals surface area contributed by atoms with E-state index in [2.05, 4.69) is 11.8 Å². The average molecular weight is 431 g/mol. The summed E-state index contributed by atoms with van der Waals surface area (Å²) in [7, 11) is -0.555. The van der Waals surface area contributed by atoms with Crippen molar-refractivity contribution in [2.24, 2.45) is 5.92 Å². The Morgan fingerprint density at radius 2 is 2.00 bits per heavy atom. The third-order valence-electron chi connectivity index (χ3n) is 4.43. The molecular formula is C18H26N2O4S3. The first-order valence-corrected chi connectivity index (χ1v) is 11.6. The zero-order chi connectivity index (χ0) is 20.0. The number of thiocarbonyl (C=S) groups is 1. The van der Waals surface area contributed by atoms with Crippen molar-refractivity contribution in [2.45, 2.75) is 31.3 Å². The van der Waals surface area contributed by atoms with E-state index in [1.54, 1.807) is 12.1 Å². The van der Waals surface area contributed by atoms with Gasteiger partial charge in [0.2, 0.25) is 10.0 Å². The van der Waals surface area contributed by atoms with Crippen LogP contribution in [0.2, 0.25) is 0 Å². The largest absolute Gasteiger partial charge is 0.460 e. The average Bonchev–Trinajstić information content (AvgIpc) is 2.65. The molecule has 1 aromatic rings. The Hall–Kier alpha value is -1.16. The van der Waals surface area contributed by atoms with Crippen molar-refractivity contribution >= 4 is 44.3 Å². The zero-order valence-electron chi connectivity index (χ0n) is 15.9. The number of ether oxygens (including phenoxy) is 1. The number of thioether (sulfide) groups is 1. The number of likely N-dealkylation sites (tertiary alicyclic amines) is 1. The van der Waals surface area contributed by atoms with Crippen LogP contribution in [-0.4, -0.2) is 60.9 Å². The van der Waals surface area contributed by atoms with E-state index in [4.69, 9.17) is 17.0 Å². The third-order valence-corrected chi connectivity index (χ3v) is 7.74. The molecule has 0 aliphatic carbocycles. The van der Waals surface area contributed by atoms with Crippen molar-refractivity contribution in [3.05, 3.63) is 29.8 Å². The minimum absolute atomic E-state index is 0.0319. The number of carbonyl (C=O) groups is 1. The van der Waals surface area contributed by atoms with Crippen LogP contribution >= 0.6 is 24.0 Å². The molecule has 2 rings (SSSR count). The van der Waals surface area contributed by atoms with Gasteiger partial charge in [0.05, 0.1) is 10.6 Å². The molecule has 0 aromatic heterocycles. The van der Waals surface area contributed by atoms with Crippen LogP contribution in [0.4, 0.5) is 0 Å². The molecule has 1 heterocycles. The second kappa shape index (κ2) is 9.86. The summed E-state index contributed by atoms with van der Waals surface area (Å²) in [5, 5.41) is 0. The summed E-state index contributed by atoms with van der Waals surface area (Å²) in [5.41, 5.74) is 0.629. The van der Waals surface area contributed by atoms with Gasteiger partial charge in [-0.15, -0.1) is 0 Å². The molecule has 1 aromatic carbocycles. The van der Waals surface area contributed by atoms with E-state index in [-0.39, 0.29) is 23.2 Å². The summed E-state index contributed by atoms with van der Waals surface area (Å²) in [6.45, 7) is 4.15. The van der Waals surface area contributed by atoms with Crippen molar-refractivity contribution in [3.63, 3.8) is 0 Å². The van der Waals surface area contributed by atoms with Crippen LogP contribution in [-0.2, 0) is 26.2 Å². The van der Waals surface area contributed by atoms with Crippen molar-refractivity contribution in [1.29, 1.82) is 0 Å². The highest BCUT2D eigenvalue weighted by Gasteiger charge is 2.20. The Morgan fingerprint density at radius 3 is 2.63 bits per heavy atom. The Morgan fingerprint density at radius 1 is 1.33 bits per heavy atom. The first-order chi connectivity index (χ1) is 12.7. The maximum atomic E-state index is 12.2. The van der Waals surface area contributed by atoms with Crippen LogP contribution in [0, 0.1) is 5.92 Å². The van der Waals surface area contributed by atoms with Gasteiger partial charge in [-0.3, -0.25) is 4.79 Å². The van der Waals surface area contributed by atoms with E-state index in [9.17, 15) is 13.2 Å². The maximum Gasteiger partial charge on any atom is 0.316 e. The van der Waals surface area contributed by atoms with Gasteiger partial charge in [0, 0.05) is 27.2 Å². The van der Waals surface area contributed by atoms with Gasteiger partial charge in [0.1, 0.15) is 10.9 Å². The fraction of sp³-hybridized carbons (Fsp3) is 0.556. The first-order valence-electron chi connectivity index (χ1n) is 8.79. The van der Waals surface area contributed by atoms with Crippen LogP contribution in [0.25, 0.3) is 0 Å². The SMILES string of the molecule is CC1CCN(C(=S)SCC(=O)OCc2cccc(S(=O)(=O)N(C)C)c2)CC1. The summed E-state index contributed by atoms with van der Waals surface area (Å²) in [4.78, 5) is 14.3. The van der Waals surface area contributed by atoms with Crippen molar-refractivity contribution in [2.75, 3.05) is 32.9 Å². The number of rotatable bonds is 6. The van der Waals surface area contributed by atoms with Crippen LogP contribution in [0.3, 0.4) is 0 Å². The monoisotopic (exact) mass is 430 g/mol. The van der Waals surface area contributed by atoms with E-state index in [1.807, 2.05) is 0 Å². The van der Waals surface area contributed by atoms with E-state index < -0.39 is 10.0 Å². The summed E-state index contributed by atoms with van der Waals surface area (Å²) in [5.74, 6) is 0.514. The van der Waals surface area contributed by atoms with Crippen LogP contribution in [0.5, 0.6) is 0 Å². The predicted molar refractivity (Wildman–Crippen MR) is 112 cm³/mol. The highest BCUT2D eigenvalue weighted by Crippen LogP contribution is 2.20. The topological polar surface area (TPSA) is 66.9 Å². The van der Waals surface area contributed by atoms with Gasteiger partial charge in [0.15, 0.2) is 0 Å². The molecule has 1 aliphatic heterocycles. The lowest BCUT2D eigenvalue weighted by Gasteiger charge is -2.31. The van der Waals surface area contributed by atoms with Gasteiger partial charge < -0.3 is 9.64 Å². The number of sulfonamides is 1. The van der Waals surface area contributed by atoms with E-state index in [1.165, 1.54) is 38.0 Å². The van der Waals surface area contributed by atoms with Crippen LogP contribution < -0.4 is 0 Å². The fourth-order valence-electron chi connectivity index (χ4n) is 2.62. The molecule has 9 heteroatoms. The molecule has 1 saturated heterocycles. The maximum absolute atomic E-state index is 12.2. The lowest BCUT2D eigenvalue weighted by Crippen LogP contribution is -2.35. The molecule has 1 aliphatic rings. The molecular weight excluding hydrogens is 404 g/mol. The van der Waals surface area contributed by atoms with Gasteiger partial charge in [-0.2, -0.15) is 0 Å². The number of carbonyl (C=O) groups excluding carboxylic acids is 1. The molecule has 0 unspecified atom stereocenters. The van der Waals surface area contributed by atoms with E-state index in [0.717, 1.165) is 40.5 Å². The summed E-state index contributed by atoms with van der Waals surface area (Å²) in [6.07, 6.45) is 2.24. The smallest absolute Gasteiger partial charge is 0.316 e. The molecule has 150 valence electrons. The van der Waals surface area contributed by atoms with Crippen LogP contribution in [0.1, 0.15) is 25.3 Å². The molecule has 6 nitrogen and oxygen atoms in total. The number of esters is 1. The van der Waals surface area contributed by atoms with Crippen LogP contribution in [0.15, 0.2) is 29.2 Å². The second-order valence-electron chi connectivity index (χ2n) is 6.82. The van der Waals surface area contributed by atoms with Gasteiger partial charge in [-0.05, 0) is 36.5 Å². The number of hydrogen-bond donors (Lipinski definition) is 0. The van der Waals surface area contributed by atoms with Crippen molar-refractivity contribution in [1.82, 2.24) is 9.21 Å². The molecule has 0 atom stereocenters. The minimum Gasteiger partial charge on any atom is -0.460 e. The number of piperidine rings is 1. The summed E-state index contributed by atoms with van der Waals surface area (Å²) in [6, 6.07) is 6.42. The lowest BCUT2D eigenvalue weighted by molar-refractivity contribution is -0.141. The van der Waals surface area contributed by atoms with E-state index >= 15 is 0 Å². The van der Waals surface area contributed by atoms with Crippen molar-refractivity contribution < 1.29 is 17.9 Å². The molecule has 0 radical (unpaired) electrons. The molecule has 0 amide bonds. The summed E-state index contributed by atoms with van der Waals surface area (Å²) < 4.78 is 31.5. The predicted octanol–water partition coefficient (Wildman–Crippen LogP) is 2.73. The van der Waals surface area contributed by atoms with Gasteiger partial charge >= 0.3 is 5.97 Å². The Kier molecular flexibility index (Phi) is 8.08. The van der Waals surface area contributed by atoms with Gasteiger partial charge in [-0.25, -0.2) is 12.7 Å². The quantitative estimate of drug-likeness (QED) is 0.508. The molecule has 0 spiro atoms.